The number of aryl methyl sites for hydroxylation is 1. The summed E-state index contributed by atoms with van der Waals surface area (Å²) in [5.41, 5.74) is 0.423. The molecule has 0 fully saturated rings. The quantitative estimate of drug-likeness (QED) is 0.902. The van der Waals surface area contributed by atoms with E-state index in [1.165, 1.54) is 0 Å². The lowest BCUT2D eigenvalue weighted by atomic mass is 10.1. The van der Waals surface area contributed by atoms with Crippen LogP contribution in [0.4, 0.5) is 0 Å². The zero-order valence-corrected chi connectivity index (χ0v) is 12.3. The summed E-state index contributed by atoms with van der Waals surface area (Å²) in [7, 11) is -1.31. The molecule has 0 saturated heterocycles. The van der Waals surface area contributed by atoms with Crippen molar-refractivity contribution in [2.45, 2.75) is 51.2 Å². The van der Waals surface area contributed by atoms with Crippen LogP contribution in [-0.4, -0.2) is 26.1 Å². The Morgan fingerprint density at radius 2 is 2.17 bits per heavy atom. The van der Waals surface area contributed by atoms with E-state index in [9.17, 15) is 9.00 Å². The van der Waals surface area contributed by atoms with Crippen molar-refractivity contribution in [2.75, 3.05) is 0 Å². The van der Waals surface area contributed by atoms with Gasteiger partial charge in [-0.2, -0.15) is 0 Å². The van der Waals surface area contributed by atoms with Crippen molar-refractivity contribution in [3.8, 4) is 0 Å². The molecular weight excluding hydrogens is 252 g/mol. The van der Waals surface area contributed by atoms with Gasteiger partial charge >= 0.3 is 0 Å². The van der Waals surface area contributed by atoms with E-state index in [2.05, 4.69) is 10.5 Å². The molecule has 102 valence electrons. The fourth-order valence-electron chi connectivity index (χ4n) is 1.34. The van der Waals surface area contributed by atoms with E-state index in [0.717, 1.165) is 5.69 Å². The molecule has 0 spiro atoms. The molecule has 6 heteroatoms. The van der Waals surface area contributed by atoms with Crippen molar-refractivity contribution in [3.63, 3.8) is 0 Å². The minimum absolute atomic E-state index is 0.208. The van der Waals surface area contributed by atoms with Crippen molar-refractivity contribution in [3.05, 3.63) is 17.5 Å². The molecule has 0 aliphatic heterocycles. The number of nitrogens with zero attached hydrogens (tertiary/aromatic N) is 1. The Morgan fingerprint density at radius 1 is 1.56 bits per heavy atom. The average molecular weight is 272 g/mol. The molecule has 1 aromatic rings. The van der Waals surface area contributed by atoms with Crippen molar-refractivity contribution in [1.82, 2.24) is 10.5 Å². The first-order valence-corrected chi connectivity index (χ1v) is 7.18. The first-order chi connectivity index (χ1) is 8.19. The van der Waals surface area contributed by atoms with E-state index in [4.69, 9.17) is 4.52 Å². The van der Waals surface area contributed by atoms with Gasteiger partial charge in [-0.05, 0) is 34.6 Å². The second kappa shape index (κ2) is 5.65. The van der Waals surface area contributed by atoms with E-state index in [-0.39, 0.29) is 17.2 Å². The maximum absolute atomic E-state index is 12.0. The van der Waals surface area contributed by atoms with Crippen LogP contribution in [-0.2, 0) is 21.3 Å². The zero-order chi connectivity index (χ0) is 13.9. The third kappa shape index (κ3) is 4.60. The minimum Gasteiger partial charge on any atom is -0.360 e. The van der Waals surface area contributed by atoms with Gasteiger partial charge in [0.15, 0.2) is 0 Å². The number of nitrogens with one attached hydrogen (secondary N) is 1. The molecule has 1 rings (SSSR count). The van der Waals surface area contributed by atoms with Crippen LogP contribution in [0.25, 0.3) is 0 Å². The van der Waals surface area contributed by atoms with Gasteiger partial charge in [0.25, 0.3) is 0 Å². The van der Waals surface area contributed by atoms with Crippen LogP contribution in [0.15, 0.2) is 10.6 Å². The van der Waals surface area contributed by atoms with Crippen LogP contribution in [0.1, 0.15) is 39.1 Å². The Labute approximate surface area is 110 Å². The number of hydrogen-bond donors (Lipinski definition) is 1. The third-order valence-electron chi connectivity index (χ3n) is 2.22. The predicted molar refractivity (Wildman–Crippen MR) is 70.4 cm³/mol. The van der Waals surface area contributed by atoms with Gasteiger partial charge in [0.05, 0.1) is 11.4 Å². The minimum atomic E-state index is -1.31. The molecular formula is C12H20N2O3S. The van der Waals surface area contributed by atoms with E-state index < -0.39 is 16.0 Å². The average Bonchev–Trinajstić information content (AvgIpc) is 2.60. The standard InChI is InChI=1S/C12H20N2O3S/c1-8-6-10(17-14-8)7-18(16)9(2)11(15)13-12(3,4)5/h6,9H,7H2,1-5H3,(H,13,15). The van der Waals surface area contributed by atoms with Gasteiger partial charge in [-0.1, -0.05) is 5.16 Å². The first-order valence-electron chi connectivity index (χ1n) is 5.80. The summed E-state index contributed by atoms with van der Waals surface area (Å²) in [5, 5.41) is 5.96. The summed E-state index contributed by atoms with van der Waals surface area (Å²) in [6.07, 6.45) is 0. The maximum Gasteiger partial charge on any atom is 0.235 e. The lowest BCUT2D eigenvalue weighted by molar-refractivity contribution is -0.121. The molecule has 1 N–H and O–H groups in total. The fraction of sp³-hybridized carbons (Fsp3) is 0.667. The van der Waals surface area contributed by atoms with Gasteiger partial charge in [0.2, 0.25) is 5.91 Å². The smallest absolute Gasteiger partial charge is 0.235 e. The van der Waals surface area contributed by atoms with Crippen LogP contribution in [0.5, 0.6) is 0 Å². The number of carbonyl (C=O) groups is 1. The highest BCUT2D eigenvalue weighted by atomic mass is 32.2. The molecule has 1 aromatic heterocycles. The Kier molecular flexibility index (Phi) is 4.67. The summed E-state index contributed by atoms with van der Waals surface area (Å²) in [5.74, 6) is 0.540. The lowest BCUT2D eigenvalue weighted by Gasteiger charge is -2.22. The molecule has 1 amide bonds. The number of hydrogen-bond acceptors (Lipinski definition) is 4. The molecule has 18 heavy (non-hydrogen) atoms. The largest absolute Gasteiger partial charge is 0.360 e. The Morgan fingerprint density at radius 3 is 2.61 bits per heavy atom. The molecule has 0 aliphatic carbocycles. The van der Waals surface area contributed by atoms with Crippen molar-refractivity contribution in [2.24, 2.45) is 0 Å². The molecule has 0 radical (unpaired) electrons. The number of amides is 1. The number of carbonyl (C=O) groups excluding carboxylic acids is 1. The normalized spacial score (nSPS) is 15.2. The van der Waals surface area contributed by atoms with Crippen LogP contribution in [0.2, 0.25) is 0 Å². The van der Waals surface area contributed by atoms with Crippen LogP contribution < -0.4 is 5.32 Å². The second-order valence-electron chi connectivity index (χ2n) is 5.34. The van der Waals surface area contributed by atoms with Crippen molar-refractivity contribution in [1.29, 1.82) is 0 Å². The van der Waals surface area contributed by atoms with Gasteiger partial charge in [-0.25, -0.2) is 0 Å². The summed E-state index contributed by atoms with van der Waals surface area (Å²) in [6.45, 7) is 9.12. The molecule has 1 heterocycles. The van der Waals surface area contributed by atoms with E-state index >= 15 is 0 Å². The van der Waals surface area contributed by atoms with Crippen LogP contribution in [0, 0.1) is 6.92 Å². The Bertz CT molecular complexity index is 448. The van der Waals surface area contributed by atoms with E-state index in [1.54, 1.807) is 19.9 Å². The molecule has 5 nitrogen and oxygen atoms in total. The number of aromatic nitrogens is 1. The van der Waals surface area contributed by atoms with Gasteiger partial charge in [-0.15, -0.1) is 0 Å². The molecule has 0 saturated carbocycles. The highest BCUT2D eigenvalue weighted by molar-refractivity contribution is 7.85. The summed E-state index contributed by atoms with van der Waals surface area (Å²) in [6, 6.07) is 1.73. The van der Waals surface area contributed by atoms with Gasteiger partial charge in [0, 0.05) is 22.4 Å². The van der Waals surface area contributed by atoms with E-state index in [0.29, 0.717) is 5.76 Å². The Balaban J connectivity index is 2.59. The Hall–Kier alpha value is -1.17. The summed E-state index contributed by atoms with van der Waals surface area (Å²) < 4.78 is 17.0. The summed E-state index contributed by atoms with van der Waals surface area (Å²) >= 11 is 0. The first kappa shape index (κ1) is 14.9. The van der Waals surface area contributed by atoms with Crippen LogP contribution in [0.3, 0.4) is 0 Å². The fourth-order valence-corrected chi connectivity index (χ4v) is 2.30. The second-order valence-corrected chi connectivity index (χ2v) is 7.10. The van der Waals surface area contributed by atoms with Crippen LogP contribution >= 0.6 is 0 Å². The topological polar surface area (TPSA) is 72.2 Å². The lowest BCUT2D eigenvalue weighted by Crippen LogP contribution is -2.46. The van der Waals surface area contributed by atoms with Gasteiger partial charge in [-0.3, -0.25) is 9.00 Å². The third-order valence-corrected chi connectivity index (χ3v) is 3.79. The molecule has 0 aromatic carbocycles. The zero-order valence-electron chi connectivity index (χ0n) is 11.4. The van der Waals surface area contributed by atoms with Gasteiger partial charge < -0.3 is 9.84 Å². The molecule has 0 bridgehead atoms. The SMILES string of the molecule is Cc1cc(CS(=O)C(C)C(=O)NC(C)(C)C)on1. The van der Waals surface area contributed by atoms with Crippen molar-refractivity contribution >= 4 is 16.7 Å². The molecule has 2 unspecified atom stereocenters. The maximum atomic E-state index is 12.0. The van der Waals surface area contributed by atoms with Crippen molar-refractivity contribution < 1.29 is 13.5 Å². The summed E-state index contributed by atoms with van der Waals surface area (Å²) in [4.78, 5) is 11.8. The molecule has 2 atom stereocenters. The highest BCUT2D eigenvalue weighted by Gasteiger charge is 2.24. The van der Waals surface area contributed by atoms with E-state index in [1.807, 2.05) is 20.8 Å². The molecule has 0 aliphatic rings. The predicted octanol–water partition coefficient (Wildman–Crippen LogP) is 1.53. The monoisotopic (exact) mass is 272 g/mol. The highest BCUT2D eigenvalue weighted by Crippen LogP contribution is 2.10. The number of rotatable bonds is 4. The van der Waals surface area contributed by atoms with Gasteiger partial charge in [0.1, 0.15) is 11.0 Å².